The van der Waals surface area contributed by atoms with E-state index >= 15 is 0 Å². The molecule has 0 bridgehead atoms. The first-order valence-corrected chi connectivity index (χ1v) is 10.8. The summed E-state index contributed by atoms with van der Waals surface area (Å²) in [6, 6.07) is 3.58. The van der Waals surface area contributed by atoms with Gasteiger partial charge in [0, 0.05) is 26.7 Å². The number of amides is 2. The van der Waals surface area contributed by atoms with Crippen LogP contribution in [0.2, 0.25) is 0 Å². The fourth-order valence-corrected chi connectivity index (χ4v) is 5.62. The summed E-state index contributed by atoms with van der Waals surface area (Å²) in [5, 5.41) is 3.04. The largest absolute Gasteiger partial charge is 0.468 e. The van der Waals surface area contributed by atoms with Crippen molar-refractivity contribution in [1.82, 2.24) is 14.5 Å². The molecule has 0 aromatic heterocycles. The molecular formula is C19H24FN3O6S. The average Bonchev–Trinajstić information content (AvgIpc) is 3.17. The number of hydrogen-bond acceptors (Lipinski definition) is 7. The van der Waals surface area contributed by atoms with Crippen molar-refractivity contribution >= 4 is 27.8 Å². The van der Waals surface area contributed by atoms with Crippen LogP contribution in [-0.2, 0) is 29.1 Å². The fraction of sp³-hybridized carbons (Fsp3) is 0.526. The molecule has 0 saturated carbocycles. The highest BCUT2D eigenvalue weighted by Crippen LogP contribution is 2.45. The van der Waals surface area contributed by atoms with Gasteiger partial charge in [0.05, 0.1) is 23.8 Å². The molecule has 0 aliphatic carbocycles. The molecule has 2 heterocycles. The Balaban J connectivity index is 1.95. The second kappa shape index (κ2) is 7.71. The number of ether oxygens (including phenoxy) is 1. The lowest BCUT2D eigenvalue weighted by atomic mass is 9.78. The number of likely N-dealkylation sites (tertiary alicyclic amines) is 1. The van der Waals surface area contributed by atoms with Crippen LogP contribution in [0.15, 0.2) is 29.2 Å². The van der Waals surface area contributed by atoms with E-state index in [-0.39, 0.29) is 17.9 Å². The van der Waals surface area contributed by atoms with Gasteiger partial charge in [-0.3, -0.25) is 24.6 Å². The van der Waals surface area contributed by atoms with Gasteiger partial charge in [0.25, 0.3) is 0 Å². The third-order valence-corrected chi connectivity index (χ3v) is 7.90. The first-order valence-electron chi connectivity index (χ1n) is 9.40. The van der Waals surface area contributed by atoms with Gasteiger partial charge in [0.2, 0.25) is 21.8 Å². The van der Waals surface area contributed by atoms with Gasteiger partial charge in [0.1, 0.15) is 11.4 Å². The quantitative estimate of drug-likeness (QED) is 0.487. The van der Waals surface area contributed by atoms with Crippen LogP contribution < -0.4 is 5.32 Å². The van der Waals surface area contributed by atoms with Crippen LogP contribution >= 0.6 is 0 Å². The molecule has 0 spiro atoms. The normalized spacial score (nSPS) is 28.9. The summed E-state index contributed by atoms with van der Waals surface area (Å²) >= 11 is 0. The number of rotatable bonds is 6. The molecule has 2 saturated heterocycles. The molecule has 3 rings (SSSR count). The van der Waals surface area contributed by atoms with E-state index in [1.165, 1.54) is 21.2 Å². The Morgan fingerprint density at radius 3 is 2.40 bits per heavy atom. The first kappa shape index (κ1) is 22.3. The van der Waals surface area contributed by atoms with Crippen molar-refractivity contribution in [2.45, 2.75) is 29.8 Å². The SMILES string of the molecule is CC[C@@]1(C(=O)OC)N[C@H](CN(C)S(=O)(=O)c2ccc(F)cc2)[C@@H]2C(=O)N(C)C(=O)[C@@H]21. The summed E-state index contributed by atoms with van der Waals surface area (Å²) in [6.45, 7) is 1.52. The lowest BCUT2D eigenvalue weighted by molar-refractivity contribution is -0.154. The fourth-order valence-electron chi connectivity index (χ4n) is 4.42. The standard InChI is InChI=1S/C19H24FN3O6S/c1-5-19(18(26)29-4)15-14(16(24)23(3)17(15)25)13(21-19)10-22(2)30(27,28)12-8-6-11(20)7-9-12/h6-9,13-15,21H,5,10H2,1-4H3/t13-,14+,15-,19-/m1/s1. The van der Waals surface area contributed by atoms with Crippen LogP contribution in [0.4, 0.5) is 4.39 Å². The number of halogens is 1. The molecule has 9 nitrogen and oxygen atoms in total. The Bertz CT molecular complexity index is 982. The van der Waals surface area contributed by atoms with Crippen LogP contribution in [0, 0.1) is 17.7 Å². The van der Waals surface area contributed by atoms with E-state index in [0.717, 1.165) is 33.5 Å². The maximum atomic E-state index is 13.2. The summed E-state index contributed by atoms with van der Waals surface area (Å²) in [4.78, 5) is 39.0. The Labute approximate surface area is 174 Å². The number of nitrogens with zero attached hydrogens (tertiary/aromatic N) is 2. The molecule has 1 aromatic carbocycles. The summed E-state index contributed by atoms with van der Waals surface area (Å²) < 4.78 is 44.8. The van der Waals surface area contributed by atoms with Gasteiger partial charge in [0.15, 0.2) is 0 Å². The molecule has 2 aliphatic heterocycles. The zero-order valence-electron chi connectivity index (χ0n) is 17.1. The minimum absolute atomic E-state index is 0.110. The summed E-state index contributed by atoms with van der Waals surface area (Å²) in [7, 11) is -0.124. The minimum Gasteiger partial charge on any atom is -0.468 e. The average molecular weight is 441 g/mol. The predicted octanol–water partition coefficient (Wildman–Crippen LogP) is -0.0292. The zero-order valence-corrected chi connectivity index (χ0v) is 17.9. The number of methoxy groups -OCH3 is 1. The minimum atomic E-state index is -3.99. The first-order chi connectivity index (χ1) is 14.0. The highest BCUT2D eigenvalue weighted by molar-refractivity contribution is 7.89. The molecule has 1 N–H and O–H groups in total. The summed E-state index contributed by atoms with van der Waals surface area (Å²) in [5.74, 6) is -4.12. The molecule has 30 heavy (non-hydrogen) atoms. The Hall–Kier alpha value is -2.37. The Kier molecular flexibility index (Phi) is 5.74. The maximum Gasteiger partial charge on any atom is 0.326 e. The number of sulfonamides is 1. The van der Waals surface area contributed by atoms with Gasteiger partial charge in [-0.05, 0) is 30.7 Å². The molecule has 0 radical (unpaired) electrons. The van der Waals surface area contributed by atoms with Crippen molar-refractivity contribution in [3.05, 3.63) is 30.1 Å². The van der Waals surface area contributed by atoms with E-state index in [4.69, 9.17) is 4.74 Å². The molecule has 1 aromatic rings. The number of fused-ring (bicyclic) bond motifs is 1. The molecule has 0 unspecified atom stereocenters. The smallest absolute Gasteiger partial charge is 0.326 e. The van der Waals surface area contributed by atoms with Gasteiger partial charge in [-0.1, -0.05) is 6.92 Å². The summed E-state index contributed by atoms with van der Waals surface area (Å²) in [5.41, 5.74) is -1.43. The molecule has 164 valence electrons. The maximum absolute atomic E-state index is 13.2. The van der Waals surface area contributed by atoms with Gasteiger partial charge in [-0.2, -0.15) is 4.31 Å². The van der Waals surface area contributed by atoms with Gasteiger partial charge < -0.3 is 4.74 Å². The van der Waals surface area contributed by atoms with Gasteiger partial charge >= 0.3 is 5.97 Å². The highest BCUT2D eigenvalue weighted by Gasteiger charge is 2.67. The number of hydrogen-bond donors (Lipinski definition) is 1. The van der Waals surface area contributed by atoms with Crippen molar-refractivity contribution in [2.24, 2.45) is 11.8 Å². The van der Waals surface area contributed by atoms with E-state index in [0.29, 0.717) is 0 Å². The van der Waals surface area contributed by atoms with E-state index in [9.17, 15) is 27.2 Å². The predicted molar refractivity (Wildman–Crippen MR) is 103 cm³/mol. The number of nitrogens with one attached hydrogen (secondary N) is 1. The molecular weight excluding hydrogens is 417 g/mol. The molecule has 11 heteroatoms. The lowest BCUT2D eigenvalue weighted by Crippen LogP contribution is -2.57. The summed E-state index contributed by atoms with van der Waals surface area (Å²) in [6.07, 6.45) is 0.179. The third kappa shape index (κ3) is 3.21. The van der Waals surface area contributed by atoms with E-state index in [2.05, 4.69) is 5.32 Å². The number of likely N-dealkylation sites (N-methyl/N-ethyl adjacent to an activating group) is 1. The van der Waals surface area contributed by atoms with Crippen molar-refractivity contribution in [3.8, 4) is 0 Å². The molecule has 2 fully saturated rings. The Morgan fingerprint density at radius 2 is 1.87 bits per heavy atom. The molecule has 2 aliphatic rings. The second-order valence-electron chi connectivity index (χ2n) is 7.55. The van der Waals surface area contributed by atoms with Crippen molar-refractivity contribution in [1.29, 1.82) is 0 Å². The lowest BCUT2D eigenvalue weighted by Gasteiger charge is -2.31. The molecule has 2 amide bonds. The topological polar surface area (TPSA) is 113 Å². The van der Waals surface area contributed by atoms with Crippen LogP contribution in [0.3, 0.4) is 0 Å². The monoisotopic (exact) mass is 441 g/mol. The Morgan fingerprint density at radius 1 is 1.27 bits per heavy atom. The van der Waals surface area contributed by atoms with Crippen LogP contribution in [-0.4, -0.2) is 74.7 Å². The third-order valence-electron chi connectivity index (χ3n) is 6.06. The van der Waals surface area contributed by atoms with Crippen LogP contribution in [0.25, 0.3) is 0 Å². The van der Waals surface area contributed by atoms with Gasteiger partial charge in [-0.25, -0.2) is 12.8 Å². The van der Waals surface area contributed by atoms with E-state index in [1.807, 2.05) is 0 Å². The van der Waals surface area contributed by atoms with Crippen molar-refractivity contribution in [2.75, 3.05) is 27.7 Å². The highest BCUT2D eigenvalue weighted by atomic mass is 32.2. The van der Waals surface area contributed by atoms with Crippen LogP contribution in [0.1, 0.15) is 13.3 Å². The van der Waals surface area contributed by atoms with Crippen LogP contribution in [0.5, 0.6) is 0 Å². The van der Waals surface area contributed by atoms with E-state index < -0.39 is 57.0 Å². The number of benzene rings is 1. The number of esters is 1. The number of carbonyl (C=O) groups excluding carboxylic acids is 3. The zero-order chi connectivity index (χ0) is 22.4. The second-order valence-corrected chi connectivity index (χ2v) is 9.59. The van der Waals surface area contributed by atoms with Gasteiger partial charge in [-0.15, -0.1) is 0 Å². The number of imide groups is 1. The number of carbonyl (C=O) groups is 3. The van der Waals surface area contributed by atoms with Crippen molar-refractivity contribution < 1.29 is 31.9 Å². The molecule has 4 atom stereocenters. The van der Waals surface area contributed by atoms with Crippen molar-refractivity contribution in [3.63, 3.8) is 0 Å². The van der Waals surface area contributed by atoms with E-state index in [1.54, 1.807) is 6.92 Å².